The Morgan fingerprint density at radius 3 is 3.07 bits per heavy atom. The molecule has 0 bridgehead atoms. The van der Waals surface area contributed by atoms with Crippen LogP contribution in [-0.2, 0) is 7.05 Å². The Hall–Kier alpha value is -0.840. The molecule has 1 fully saturated rings. The number of piperidine rings is 1. The number of alkyl halides is 1. The highest BCUT2D eigenvalue weighted by atomic mass is 79.9. The first-order chi connectivity index (χ1) is 7.18. The second-order valence-electron chi connectivity index (χ2n) is 3.83. The maximum atomic E-state index is 12.1. The lowest BCUT2D eigenvalue weighted by atomic mass is 10.1. The first-order valence-corrected chi connectivity index (χ1v) is 6.01. The average Bonchev–Trinajstić information content (AvgIpc) is 2.63. The highest BCUT2D eigenvalue weighted by molar-refractivity contribution is 9.09. The summed E-state index contributed by atoms with van der Waals surface area (Å²) in [4.78, 5) is 14.4. The van der Waals surface area contributed by atoms with Crippen molar-refractivity contribution in [2.45, 2.75) is 17.7 Å². The van der Waals surface area contributed by atoms with Crippen molar-refractivity contribution in [3.63, 3.8) is 0 Å². The molecule has 0 aromatic carbocycles. The van der Waals surface area contributed by atoms with Crippen molar-refractivity contribution in [2.24, 2.45) is 7.05 Å². The van der Waals surface area contributed by atoms with Crippen LogP contribution >= 0.6 is 15.9 Å². The minimum absolute atomic E-state index is 0.0825. The molecule has 1 aromatic heterocycles. The number of rotatable bonds is 1. The molecule has 2 heterocycles. The number of halogens is 1. The summed E-state index contributed by atoms with van der Waals surface area (Å²) < 4.78 is 1.63. The van der Waals surface area contributed by atoms with Gasteiger partial charge in [0.05, 0.1) is 0 Å². The van der Waals surface area contributed by atoms with E-state index in [1.54, 1.807) is 24.0 Å². The summed E-state index contributed by atoms with van der Waals surface area (Å²) in [6.45, 7) is 1.65. The normalized spacial score (nSPS) is 21.7. The Morgan fingerprint density at radius 1 is 1.67 bits per heavy atom. The lowest BCUT2D eigenvalue weighted by Crippen LogP contribution is -2.40. The van der Waals surface area contributed by atoms with Crippen LogP contribution in [0.2, 0.25) is 0 Å². The van der Waals surface area contributed by atoms with Crippen LogP contribution in [0, 0.1) is 0 Å². The minimum atomic E-state index is 0.0825. The van der Waals surface area contributed by atoms with Crippen molar-refractivity contribution in [2.75, 3.05) is 13.1 Å². The van der Waals surface area contributed by atoms with E-state index in [0.717, 1.165) is 25.9 Å². The Labute approximate surface area is 97.4 Å². The number of hydrogen-bond donors (Lipinski definition) is 0. The highest BCUT2D eigenvalue weighted by Crippen LogP contribution is 2.18. The molecule has 0 saturated carbocycles. The van der Waals surface area contributed by atoms with Gasteiger partial charge in [0.15, 0.2) is 0 Å². The molecule has 82 valence electrons. The highest BCUT2D eigenvalue weighted by Gasteiger charge is 2.24. The molecule has 0 aliphatic carbocycles. The summed E-state index contributed by atoms with van der Waals surface area (Å²) in [6, 6.07) is 1.76. The smallest absolute Gasteiger partial charge is 0.272 e. The molecule has 5 heteroatoms. The number of aryl methyl sites for hydroxylation is 1. The molecule has 0 N–H and O–H groups in total. The third-order valence-electron chi connectivity index (χ3n) is 2.69. The maximum Gasteiger partial charge on any atom is 0.272 e. The van der Waals surface area contributed by atoms with E-state index in [0.29, 0.717) is 10.5 Å². The molecule has 1 saturated heterocycles. The molecule has 1 aromatic rings. The first kappa shape index (κ1) is 10.7. The number of carbonyl (C=O) groups is 1. The molecule has 1 aliphatic rings. The fourth-order valence-corrected chi connectivity index (χ4v) is 2.53. The largest absolute Gasteiger partial charge is 0.336 e. The summed E-state index contributed by atoms with van der Waals surface area (Å²) in [7, 11) is 1.79. The Bertz CT molecular complexity index is 363. The quantitative estimate of drug-likeness (QED) is 0.725. The van der Waals surface area contributed by atoms with Crippen LogP contribution in [0.5, 0.6) is 0 Å². The number of aromatic nitrogens is 2. The summed E-state index contributed by atoms with van der Waals surface area (Å²) >= 11 is 3.56. The van der Waals surface area contributed by atoms with Gasteiger partial charge in [0.25, 0.3) is 5.91 Å². The van der Waals surface area contributed by atoms with E-state index >= 15 is 0 Å². The Morgan fingerprint density at radius 2 is 2.47 bits per heavy atom. The van der Waals surface area contributed by atoms with Crippen molar-refractivity contribution in [3.05, 3.63) is 18.0 Å². The summed E-state index contributed by atoms with van der Waals surface area (Å²) in [5.74, 6) is 0.0825. The van der Waals surface area contributed by atoms with Crippen molar-refractivity contribution in [1.82, 2.24) is 14.7 Å². The molecule has 1 unspecified atom stereocenters. The van der Waals surface area contributed by atoms with E-state index in [1.807, 2.05) is 4.90 Å². The molecular formula is C10H14BrN3O. The zero-order valence-electron chi connectivity index (χ0n) is 8.69. The van der Waals surface area contributed by atoms with Crippen LogP contribution in [0.4, 0.5) is 0 Å². The number of hydrogen-bond acceptors (Lipinski definition) is 2. The van der Waals surface area contributed by atoms with Crippen molar-refractivity contribution in [1.29, 1.82) is 0 Å². The van der Waals surface area contributed by atoms with Crippen LogP contribution in [0.25, 0.3) is 0 Å². The third-order valence-corrected chi connectivity index (χ3v) is 3.44. The Kier molecular flexibility index (Phi) is 3.09. The van der Waals surface area contributed by atoms with Gasteiger partial charge >= 0.3 is 0 Å². The van der Waals surface area contributed by atoms with Crippen molar-refractivity contribution in [3.8, 4) is 0 Å². The van der Waals surface area contributed by atoms with Crippen LogP contribution in [-0.4, -0.2) is 38.5 Å². The summed E-state index contributed by atoms with van der Waals surface area (Å²) in [5, 5.41) is 4.01. The van der Waals surface area contributed by atoms with Gasteiger partial charge in [0, 0.05) is 31.2 Å². The number of carbonyl (C=O) groups excluding carboxylic acids is 1. The topological polar surface area (TPSA) is 38.1 Å². The van der Waals surface area contributed by atoms with E-state index in [2.05, 4.69) is 21.0 Å². The summed E-state index contributed by atoms with van der Waals surface area (Å²) in [5.41, 5.74) is 0.664. The van der Waals surface area contributed by atoms with Gasteiger partial charge in [-0.05, 0) is 18.9 Å². The second kappa shape index (κ2) is 4.35. The van der Waals surface area contributed by atoms with Crippen LogP contribution in [0.15, 0.2) is 12.3 Å². The molecule has 1 aliphatic heterocycles. The zero-order chi connectivity index (χ0) is 10.8. The molecule has 1 amide bonds. The van der Waals surface area contributed by atoms with E-state index in [-0.39, 0.29) is 5.91 Å². The Balaban J connectivity index is 2.11. The van der Waals surface area contributed by atoms with Gasteiger partial charge in [0.1, 0.15) is 5.69 Å². The first-order valence-electron chi connectivity index (χ1n) is 5.10. The van der Waals surface area contributed by atoms with Gasteiger partial charge in [-0.25, -0.2) is 0 Å². The number of likely N-dealkylation sites (tertiary alicyclic amines) is 1. The lowest BCUT2D eigenvalue weighted by molar-refractivity contribution is 0.0719. The maximum absolute atomic E-state index is 12.1. The molecule has 0 spiro atoms. The van der Waals surface area contributed by atoms with E-state index in [1.165, 1.54) is 0 Å². The molecule has 4 nitrogen and oxygen atoms in total. The van der Waals surface area contributed by atoms with Gasteiger partial charge in [-0.15, -0.1) is 0 Å². The lowest BCUT2D eigenvalue weighted by Gasteiger charge is -2.29. The van der Waals surface area contributed by atoms with Gasteiger partial charge in [-0.1, -0.05) is 15.9 Å². The van der Waals surface area contributed by atoms with Gasteiger partial charge < -0.3 is 4.90 Å². The third kappa shape index (κ3) is 2.22. The predicted molar refractivity (Wildman–Crippen MR) is 61.1 cm³/mol. The minimum Gasteiger partial charge on any atom is -0.336 e. The second-order valence-corrected chi connectivity index (χ2v) is 5.13. The fourth-order valence-electron chi connectivity index (χ4n) is 1.86. The number of amides is 1. The molecular weight excluding hydrogens is 258 g/mol. The van der Waals surface area contributed by atoms with Crippen molar-refractivity contribution < 1.29 is 4.79 Å². The van der Waals surface area contributed by atoms with Gasteiger partial charge in [-0.2, -0.15) is 5.10 Å². The molecule has 15 heavy (non-hydrogen) atoms. The van der Waals surface area contributed by atoms with E-state index < -0.39 is 0 Å². The van der Waals surface area contributed by atoms with Crippen LogP contribution in [0.1, 0.15) is 23.3 Å². The van der Waals surface area contributed by atoms with Crippen LogP contribution in [0.3, 0.4) is 0 Å². The van der Waals surface area contributed by atoms with Crippen molar-refractivity contribution >= 4 is 21.8 Å². The van der Waals surface area contributed by atoms with Gasteiger partial charge in [-0.3, -0.25) is 9.48 Å². The average molecular weight is 272 g/mol. The standard InChI is InChI=1S/C10H14BrN3O/c1-13-9(4-5-12-13)10(15)14-6-2-3-8(11)7-14/h4-5,8H,2-3,6-7H2,1H3. The predicted octanol–water partition coefficient (Wildman–Crippen LogP) is 1.42. The van der Waals surface area contributed by atoms with E-state index in [9.17, 15) is 4.79 Å². The molecule has 1 atom stereocenters. The van der Waals surface area contributed by atoms with Crippen LogP contribution < -0.4 is 0 Å². The van der Waals surface area contributed by atoms with Gasteiger partial charge in [0.2, 0.25) is 0 Å². The fraction of sp³-hybridized carbons (Fsp3) is 0.600. The summed E-state index contributed by atoms with van der Waals surface area (Å²) in [6.07, 6.45) is 3.87. The molecule has 2 rings (SSSR count). The molecule has 0 radical (unpaired) electrons. The SMILES string of the molecule is Cn1nccc1C(=O)N1CCCC(Br)C1. The van der Waals surface area contributed by atoms with E-state index in [4.69, 9.17) is 0 Å². The number of nitrogens with zero attached hydrogens (tertiary/aromatic N) is 3. The monoisotopic (exact) mass is 271 g/mol. The zero-order valence-corrected chi connectivity index (χ0v) is 10.3.